The number of alkyl halides is 1. The van der Waals surface area contributed by atoms with Crippen LogP contribution in [0.5, 0.6) is 0 Å². The molecule has 0 fully saturated rings. The Hall–Kier alpha value is -2.85. The summed E-state index contributed by atoms with van der Waals surface area (Å²) in [6, 6.07) is 8.21. The average molecular weight is 456 g/mol. The highest BCUT2D eigenvalue weighted by Gasteiger charge is 2.11. The molecule has 9 nitrogen and oxygen atoms in total. The van der Waals surface area contributed by atoms with E-state index in [1.165, 1.54) is 5.56 Å². The van der Waals surface area contributed by atoms with Gasteiger partial charge in [0.25, 0.3) is 0 Å². The van der Waals surface area contributed by atoms with Crippen molar-refractivity contribution in [2.45, 2.75) is 25.8 Å². The molecule has 0 aliphatic rings. The Morgan fingerprint density at radius 1 is 1.10 bits per heavy atom. The van der Waals surface area contributed by atoms with Crippen molar-refractivity contribution in [3.8, 4) is 5.69 Å². The van der Waals surface area contributed by atoms with Crippen LogP contribution in [-0.2, 0) is 13.0 Å². The first-order chi connectivity index (χ1) is 14.3. The quantitative estimate of drug-likeness (QED) is 0.294. The van der Waals surface area contributed by atoms with Gasteiger partial charge in [0, 0.05) is 18.1 Å². The van der Waals surface area contributed by atoms with E-state index in [0.29, 0.717) is 23.7 Å². The highest BCUT2D eigenvalue weighted by molar-refractivity contribution is 9.09. The number of anilines is 2. The van der Waals surface area contributed by atoms with Gasteiger partial charge in [-0.3, -0.25) is 4.68 Å². The molecule has 0 saturated carbocycles. The lowest BCUT2D eigenvalue weighted by Gasteiger charge is -2.05. The molecular formula is C19H22BrN9. The third-order valence-electron chi connectivity index (χ3n) is 4.49. The maximum Gasteiger partial charge on any atom is 0.229 e. The molecule has 0 amide bonds. The van der Waals surface area contributed by atoms with E-state index < -0.39 is 0 Å². The molecule has 0 aliphatic carbocycles. The van der Waals surface area contributed by atoms with Crippen LogP contribution in [0.2, 0.25) is 0 Å². The number of aromatic nitrogens is 7. The predicted octanol–water partition coefficient (Wildman–Crippen LogP) is 2.83. The number of halogens is 1. The fourth-order valence-corrected chi connectivity index (χ4v) is 3.43. The monoisotopic (exact) mass is 455 g/mol. The van der Waals surface area contributed by atoms with Crippen molar-refractivity contribution >= 4 is 38.7 Å². The Bertz CT molecular complexity index is 1070. The molecule has 0 bridgehead atoms. The first-order valence-electron chi connectivity index (χ1n) is 9.50. The number of hydrogen-bond acceptors (Lipinski definition) is 7. The Morgan fingerprint density at radius 2 is 1.97 bits per heavy atom. The van der Waals surface area contributed by atoms with Crippen LogP contribution in [-0.4, -0.2) is 46.6 Å². The maximum atomic E-state index is 5.54. The zero-order valence-corrected chi connectivity index (χ0v) is 17.5. The Morgan fingerprint density at radius 3 is 2.76 bits per heavy atom. The lowest BCUT2D eigenvalue weighted by atomic mass is 10.1. The van der Waals surface area contributed by atoms with Gasteiger partial charge in [0.2, 0.25) is 5.95 Å². The minimum Gasteiger partial charge on any atom is -0.330 e. The van der Waals surface area contributed by atoms with Gasteiger partial charge in [-0.15, -0.1) is 5.10 Å². The summed E-state index contributed by atoms with van der Waals surface area (Å²) < 4.78 is 3.60. The minimum absolute atomic E-state index is 0.471. The second-order valence-corrected chi connectivity index (χ2v) is 7.41. The molecule has 3 N–H and O–H groups in total. The van der Waals surface area contributed by atoms with Crippen molar-refractivity contribution in [3.63, 3.8) is 0 Å². The van der Waals surface area contributed by atoms with E-state index in [9.17, 15) is 0 Å². The standard InChI is InChI=1S/C19H22BrN9/c20-8-7-14-3-5-16(6-4-14)29-18-17(26-27-29)12-22-19(25-18)24-15-11-23-28(13-15)10-2-1-9-21/h3-6,11-13H,1-2,7-10,21H2,(H,22,24,25). The van der Waals surface area contributed by atoms with E-state index in [0.717, 1.165) is 42.5 Å². The van der Waals surface area contributed by atoms with Gasteiger partial charge in [-0.1, -0.05) is 33.3 Å². The number of unbranched alkanes of at least 4 members (excludes halogenated alkanes) is 1. The summed E-state index contributed by atoms with van der Waals surface area (Å²) in [6.45, 7) is 1.53. The second-order valence-electron chi connectivity index (χ2n) is 6.62. The summed E-state index contributed by atoms with van der Waals surface area (Å²) in [6.07, 6.45) is 8.32. The molecule has 150 valence electrons. The summed E-state index contributed by atoms with van der Waals surface area (Å²) in [4.78, 5) is 8.94. The molecular weight excluding hydrogens is 434 g/mol. The summed E-state index contributed by atoms with van der Waals surface area (Å²) >= 11 is 3.47. The van der Waals surface area contributed by atoms with Crippen LogP contribution in [0.15, 0.2) is 42.9 Å². The molecule has 3 heterocycles. The van der Waals surface area contributed by atoms with E-state index >= 15 is 0 Å². The fraction of sp³-hybridized carbons (Fsp3) is 0.316. The molecule has 0 unspecified atom stereocenters. The lowest BCUT2D eigenvalue weighted by molar-refractivity contribution is 0.562. The Labute approximate surface area is 176 Å². The van der Waals surface area contributed by atoms with Crippen molar-refractivity contribution in [1.29, 1.82) is 0 Å². The van der Waals surface area contributed by atoms with Gasteiger partial charge in [0.05, 0.1) is 23.8 Å². The second kappa shape index (κ2) is 9.10. The normalized spacial score (nSPS) is 11.2. The highest BCUT2D eigenvalue weighted by Crippen LogP contribution is 2.18. The van der Waals surface area contributed by atoms with Crippen molar-refractivity contribution in [2.24, 2.45) is 5.73 Å². The van der Waals surface area contributed by atoms with Crippen molar-refractivity contribution in [1.82, 2.24) is 34.7 Å². The largest absolute Gasteiger partial charge is 0.330 e. The van der Waals surface area contributed by atoms with E-state index in [1.54, 1.807) is 17.1 Å². The first kappa shape index (κ1) is 19.5. The third-order valence-corrected chi connectivity index (χ3v) is 4.88. The smallest absolute Gasteiger partial charge is 0.229 e. The van der Waals surface area contributed by atoms with Gasteiger partial charge in [-0.2, -0.15) is 14.8 Å². The van der Waals surface area contributed by atoms with Crippen LogP contribution in [0.4, 0.5) is 11.6 Å². The van der Waals surface area contributed by atoms with Gasteiger partial charge < -0.3 is 11.1 Å². The lowest BCUT2D eigenvalue weighted by Crippen LogP contribution is -2.03. The van der Waals surface area contributed by atoms with Crippen LogP contribution in [0, 0.1) is 0 Å². The van der Waals surface area contributed by atoms with Gasteiger partial charge >= 0.3 is 0 Å². The van der Waals surface area contributed by atoms with Crippen LogP contribution in [0.25, 0.3) is 16.9 Å². The molecule has 1 aromatic carbocycles. The minimum atomic E-state index is 0.471. The zero-order valence-electron chi connectivity index (χ0n) is 15.9. The van der Waals surface area contributed by atoms with E-state index in [1.807, 2.05) is 23.0 Å². The van der Waals surface area contributed by atoms with Gasteiger partial charge in [-0.25, -0.2) is 4.98 Å². The number of rotatable bonds is 9. The number of fused-ring (bicyclic) bond motifs is 1. The predicted molar refractivity (Wildman–Crippen MR) is 116 cm³/mol. The van der Waals surface area contributed by atoms with E-state index in [4.69, 9.17) is 5.73 Å². The molecule has 0 aliphatic heterocycles. The summed E-state index contributed by atoms with van der Waals surface area (Å²) in [5.74, 6) is 0.471. The molecule has 0 spiro atoms. The van der Waals surface area contributed by atoms with Crippen LogP contribution >= 0.6 is 15.9 Å². The molecule has 0 atom stereocenters. The Kier molecular flexibility index (Phi) is 6.11. The number of nitrogens with two attached hydrogens (primary N) is 1. The van der Waals surface area contributed by atoms with Crippen molar-refractivity contribution in [3.05, 3.63) is 48.4 Å². The summed E-state index contributed by atoms with van der Waals surface area (Å²) in [7, 11) is 0. The average Bonchev–Trinajstić information content (AvgIpc) is 3.36. The summed E-state index contributed by atoms with van der Waals surface area (Å²) in [5.41, 5.74) is 9.81. The number of nitrogens with one attached hydrogen (secondary N) is 1. The Balaban J connectivity index is 1.54. The molecule has 0 saturated heterocycles. The molecule has 4 aromatic rings. The van der Waals surface area contributed by atoms with E-state index in [-0.39, 0.29) is 0 Å². The number of hydrogen-bond donors (Lipinski definition) is 2. The van der Waals surface area contributed by atoms with Gasteiger partial charge in [0.15, 0.2) is 11.2 Å². The third kappa shape index (κ3) is 4.60. The highest BCUT2D eigenvalue weighted by atomic mass is 79.9. The van der Waals surface area contributed by atoms with Gasteiger partial charge in [0.1, 0.15) is 0 Å². The topological polar surface area (TPSA) is 112 Å². The van der Waals surface area contributed by atoms with Gasteiger partial charge in [-0.05, 0) is 43.5 Å². The molecule has 0 radical (unpaired) electrons. The molecule has 3 aromatic heterocycles. The number of aryl methyl sites for hydroxylation is 2. The molecule has 4 rings (SSSR count). The maximum absolute atomic E-state index is 5.54. The van der Waals surface area contributed by atoms with E-state index in [2.05, 4.69) is 58.8 Å². The van der Waals surface area contributed by atoms with Crippen LogP contribution in [0.1, 0.15) is 18.4 Å². The number of nitrogens with zero attached hydrogens (tertiary/aromatic N) is 7. The van der Waals surface area contributed by atoms with Crippen molar-refractivity contribution in [2.75, 3.05) is 17.2 Å². The fourth-order valence-electron chi connectivity index (χ4n) is 2.97. The SMILES string of the molecule is NCCCCn1cc(Nc2ncc3nnn(-c4ccc(CCBr)cc4)c3n2)cn1. The van der Waals surface area contributed by atoms with Crippen molar-refractivity contribution < 1.29 is 0 Å². The first-order valence-corrected chi connectivity index (χ1v) is 10.6. The number of benzene rings is 1. The molecule has 29 heavy (non-hydrogen) atoms. The van der Waals surface area contributed by atoms with Crippen LogP contribution < -0.4 is 11.1 Å². The summed E-state index contributed by atoms with van der Waals surface area (Å²) in [5, 5.41) is 16.9. The molecule has 10 heteroatoms. The zero-order chi connectivity index (χ0) is 20.1. The van der Waals surface area contributed by atoms with Crippen LogP contribution in [0.3, 0.4) is 0 Å².